The van der Waals surface area contributed by atoms with Gasteiger partial charge in [-0.05, 0) is 45.2 Å². The first-order valence-electron chi connectivity index (χ1n) is 11.9. The quantitative estimate of drug-likeness (QED) is 0.572. The Morgan fingerprint density at radius 1 is 1.06 bits per heavy atom. The SMILES string of the molecule is CCN(CC)C(=O)c1ccc(-c2cc(NCCN3CCN(C)CC3)c3cnccc3n2)cc1. The van der Waals surface area contributed by atoms with Crippen LogP contribution < -0.4 is 5.32 Å². The molecule has 7 heteroatoms. The Kier molecular flexibility index (Phi) is 7.52. The Balaban J connectivity index is 1.53. The Bertz CT molecular complexity index is 1070. The van der Waals surface area contributed by atoms with Crippen LogP contribution in [-0.4, -0.2) is 90.0 Å². The van der Waals surface area contributed by atoms with Gasteiger partial charge < -0.3 is 15.1 Å². The van der Waals surface area contributed by atoms with E-state index in [0.29, 0.717) is 18.7 Å². The number of benzene rings is 1. The fourth-order valence-corrected chi connectivity index (χ4v) is 4.26. The molecular weight excluding hydrogens is 412 g/mol. The number of pyridine rings is 2. The smallest absolute Gasteiger partial charge is 0.253 e. The molecule has 0 radical (unpaired) electrons. The minimum Gasteiger partial charge on any atom is -0.383 e. The van der Waals surface area contributed by atoms with Crippen molar-refractivity contribution in [3.05, 3.63) is 54.4 Å². The highest BCUT2D eigenvalue weighted by Gasteiger charge is 2.15. The van der Waals surface area contributed by atoms with Gasteiger partial charge >= 0.3 is 0 Å². The first-order valence-corrected chi connectivity index (χ1v) is 11.9. The molecule has 174 valence electrons. The number of piperazine rings is 1. The molecule has 1 aromatic carbocycles. The lowest BCUT2D eigenvalue weighted by Crippen LogP contribution is -2.45. The normalized spacial score (nSPS) is 15.0. The van der Waals surface area contributed by atoms with E-state index < -0.39 is 0 Å². The van der Waals surface area contributed by atoms with Gasteiger partial charge in [-0.2, -0.15) is 0 Å². The first kappa shape index (κ1) is 23.1. The molecule has 0 aliphatic carbocycles. The maximum atomic E-state index is 12.6. The predicted octanol–water partition coefficient (Wildman–Crippen LogP) is 3.44. The van der Waals surface area contributed by atoms with Crippen molar-refractivity contribution in [1.82, 2.24) is 24.7 Å². The molecule has 2 aromatic heterocycles. The molecule has 0 bridgehead atoms. The highest BCUT2D eigenvalue weighted by molar-refractivity contribution is 5.95. The molecule has 1 aliphatic rings. The summed E-state index contributed by atoms with van der Waals surface area (Å²) >= 11 is 0. The molecule has 4 rings (SSSR count). The number of rotatable bonds is 8. The van der Waals surface area contributed by atoms with E-state index in [4.69, 9.17) is 4.98 Å². The van der Waals surface area contributed by atoms with Gasteiger partial charge in [-0.15, -0.1) is 0 Å². The largest absolute Gasteiger partial charge is 0.383 e. The molecule has 33 heavy (non-hydrogen) atoms. The zero-order valence-corrected chi connectivity index (χ0v) is 19.9. The van der Waals surface area contributed by atoms with Crippen LogP contribution in [0.15, 0.2) is 48.8 Å². The van der Waals surface area contributed by atoms with Crippen molar-refractivity contribution in [3.8, 4) is 11.3 Å². The van der Waals surface area contributed by atoms with Gasteiger partial charge in [0.15, 0.2) is 0 Å². The highest BCUT2D eigenvalue weighted by Crippen LogP contribution is 2.28. The molecule has 0 unspecified atom stereocenters. The molecule has 1 fully saturated rings. The van der Waals surface area contributed by atoms with E-state index in [1.807, 2.05) is 55.3 Å². The summed E-state index contributed by atoms with van der Waals surface area (Å²) in [7, 11) is 2.18. The molecule has 3 heterocycles. The van der Waals surface area contributed by atoms with Crippen LogP contribution in [0.1, 0.15) is 24.2 Å². The van der Waals surface area contributed by atoms with Crippen LogP contribution in [-0.2, 0) is 0 Å². The summed E-state index contributed by atoms with van der Waals surface area (Å²) in [6.45, 7) is 11.8. The molecule has 7 nitrogen and oxygen atoms in total. The maximum absolute atomic E-state index is 12.6. The minimum atomic E-state index is 0.0651. The second-order valence-electron chi connectivity index (χ2n) is 8.57. The summed E-state index contributed by atoms with van der Waals surface area (Å²) in [5, 5.41) is 4.64. The second-order valence-corrected chi connectivity index (χ2v) is 8.57. The number of aromatic nitrogens is 2. The Morgan fingerprint density at radius 2 is 1.79 bits per heavy atom. The molecule has 1 amide bonds. The fourth-order valence-electron chi connectivity index (χ4n) is 4.26. The summed E-state index contributed by atoms with van der Waals surface area (Å²) < 4.78 is 0. The summed E-state index contributed by atoms with van der Waals surface area (Å²) in [5.41, 5.74) is 4.54. The van der Waals surface area contributed by atoms with Crippen LogP contribution in [0, 0.1) is 0 Å². The van der Waals surface area contributed by atoms with E-state index in [2.05, 4.69) is 33.2 Å². The molecule has 0 spiro atoms. The summed E-state index contributed by atoms with van der Waals surface area (Å²) in [4.78, 5) is 28.5. The number of amides is 1. The Hall–Kier alpha value is -3.03. The monoisotopic (exact) mass is 446 g/mol. The van der Waals surface area contributed by atoms with Crippen molar-refractivity contribution >= 4 is 22.5 Å². The van der Waals surface area contributed by atoms with Gasteiger partial charge in [0, 0.05) is 87.0 Å². The van der Waals surface area contributed by atoms with Crippen molar-refractivity contribution in [1.29, 1.82) is 0 Å². The number of nitrogens with zero attached hydrogens (tertiary/aromatic N) is 5. The number of carbonyl (C=O) groups excluding carboxylic acids is 1. The molecule has 3 aromatic rings. The van der Waals surface area contributed by atoms with Crippen molar-refractivity contribution in [2.45, 2.75) is 13.8 Å². The zero-order chi connectivity index (χ0) is 23.2. The summed E-state index contributed by atoms with van der Waals surface area (Å²) in [5.74, 6) is 0.0651. The number of fused-ring (bicyclic) bond motifs is 1. The van der Waals surface area contributed by atoms with Crippen molar-refractivity contribution in [2.75, 3.05) is 64.7 Å². The number of anilines is 1. The highest BCUT2D eigenvalue weighted by atomic mass is 16.2. The third kappa shape index (κ3) is 5.49. The van der Waals surface area contributed by atoms with Gasteiger partial charge in [0.05, 0.1) is 11.2 Å². The van der Waals surface area contributed by atoms with E-state index in [1.54, 1.807) is 6.20 Å². The Labute approximate surface area is 196 Å². The van der Waals surface area contributed by atoms with Crippen LogP contribution in [0.2, 0.25) is 0 Å². The zero-order valence-electron chi connectivity index (χ0n) is 19.9. The van der Waals surface area contributed by atoms with Gasteiger partial charge in [-0.25, -0.2) is 4.98 Å². The van der Waals surface area contributed by atoms with Gasteiger partial charge in [-0.3, -0.25) is 14.7 Å². The first-order chi connectivity index (χ1) is 16.1. The molecular formula is C26H34N6O. The molecule has 0 saturated carbocycles. The second kappa shape index (κ2) is 10.7. The van der Waals surface area contributed by atoms with Crippen LogP contribution in [0.4, 0.5) is 5.69 Å². The number of hydrogen-bond acceptors (Lipinski definition) is 6. The Morgan fingerprint density at radius 3 is 2.48 bits per heavy atom. The standard InChI is InChI=1S/C26H34N6O/c1-4-32(5-2)26(33)21-8-6-20(7-9-21)24-18-25(22-19-27-11-10-23(22)29-24)28-12-13-31-16-14-30(3)15-17-31/h6-11,18-19H,4-5,12-17H2,1-3H3,(H,28,29). The van der Waals surface area contributed by atoms with E-state index in [9.17, 15) is 4.79 Å². The van der Waals surface area contributed by atoms with Crippen molar-refractivity contribution in [3.63, 3.8) is 0 Å². The van der Waals surface area contributed by atoms with Crippen LogP contribution >= 0.6 is 0 Å². The minimum absolute atomic E-state index is 0.0651. The van der Waals surface area contributed by atoms with E-state index in [-0.39, 0.29) is 5.91 Å². The molecule has 1 N–H and O–H groups in total. The van der Waals surface area contributed by atoms with Gasteiger partial charge in [0.2, 0.25) is 0 Å². The average molecular weight is 447 g/mol. The lowest BCUT2D eigenvalue weighted by molar-refractivity contribution is 0.0773. The van der Waals surface area contributed by atoms with E-state index in [0.717, 1.165) is 67.1 Å². The number of carbonyl (C=O) groups is 1. The van der Waals surface area contributed by atoms with Crippen molar-refractivity contribution < 1.29 is 4.79 Å². The van der Waals surface area contributed by atoms with Crippen LogP contribution in [0.25, 0.3) is 22.2 Å². The molecule has 1 aliphatic heterocycles. The summed E-state index contributed by atoms with van der Waals surface area (Å²) in [6, 6.07) is 11.8. The number of likely N-dealkylation sites (N-methyl/N-ethyl adjacent to an activating group) is 1. The predicted molar refractivity (Wildman–Crippen MR) is 135 cm³/mol. The third-order valence-corrected chi connectivity index (χ3v) is 6.43. The fraction of sp³-hybridized carbons (Fsp3) is 0.423. The van der Waals surface area contributed by atoms with Gasteiger partial charge in [0.1, 0.15) is 0 Å². The number of hydrogen-bond donors (Lipinski definition) is 1. The lowest BCUT2D eigenvalue weighted by Gasteiger charge is -2.32. The van der Waals surface area contributed by atoms with E-state index >= 15 is 0 Å². The van der Waals surface area contributed by atoms with Gasteiger partial charge in [-0.1, -0.05) is 12.1 Å². The van der Waals surface area contributed by atoms with Crippen LogP contribution in [0.5, 0.6) is 0 Å². The topological polar surface area (TPSA) is 64.6 Å². The maximum Gasteiger partial charge on any atom is 0.253 e. The number of nitrogens with one attached hydrogen (secondary N) is 1. The summed E-state index contributed by atoms with van der Waals surface area (Å²) in [6.07, 6.45) is 3.65. The molecule has 0 atom stereocenters. The van der Waals surface area contributed by atoms with Gasteiger partial charge in [0.25, 0.3) is 5.91 Å². The van der Waals surface area contributed by atoms with Crippen LogP contribution in [0.3, 0.4) is 0 Å². The third-order valence-electron chi connectivity index (χ3n) is 6.43. The lowest BCUT2D eigenvalue weighted by atomic mass is 10.1. The molecule has 1 saturated heterocycles. The average Bonchev–Trinajstić information content (AvgIpc) is 2.86. The van der Waals surface area contributed by atoms with E-state index in [1.165, 1.54) is 0 Å². The van der Waals surface area contributed by atoms with Crippen molar-refractivity contribution in [2.24, 2.45) is 0 Å².